The largest absolute Gasteiger partial charge is 0.329 e. The van der Waals surface area contributed by atoms with Crippen LogP contribution in [0.4, 0.5) is 4.39 Å². The molecule has 0 fully saturated rings. The van der Waals surface area contributed by atoms with E-state index >= 15 is 0 Å². The van der Waals surface area contributed by atoms with E-state index in [9.17, 15) is 4.39 Å². The number of hydrogen-bond donors (Lipinski definition) is 1. The molecule has 0 aliphatic carbocycles. The Morgan fingerprint density at radius 2 is 2.00 bits per heavy atom. The van der Waals surface area contributed by atoms with Gasteiger partial charge in [0.25, 0.3) is 0 Å². The first-order chi connectivity index (χ1) is 10.0. The molecule has 2 nitrogen and oxygen atoms in total. The van der Waals surface area contributed by atoms with E-state index in [-0.39, 0.29) is 11.9 Å². The summed E-state index contributed by atoms with van der Waals surface area (Å²) in [5.41, 5.74) is 7.49. The Morgan fingerprint density at radius 1 is 1.29 bits per heavy atom. The van der Waals surface area contributed by atoms with Crippen molar-refractivity contribution in [1.29, 1.82) is 0 Å². The molecule has 1 atom stereocenters. The average Bonchev–Trinajstić information content (AvgIpc) is 2.46. The molecule has 0 heterocycles. The van der Waals surface area contributed by atoms with Crippen LogP contribution >= 0.6 is 27.5 Å². The number of rotatable bonds is 5. The van der Waals surface area contributed by atoms with Gasteiger partial charge < -0.3 is 5.73 Å². The minimum Gasteiger partial charge on any atom is -0.329 e. The quantitative estimate of drug-likeness (QED) is 0.845. The molecule has 2 aromatic rings. The van der Waals surface area contributed by atoms with Crippen molar-refractivity contribution in [3.63, 3.8) is 0 Å². The van der Waals surface area contributed by atoms with Crippen molar-refractivity contribution in [2.24, 2.45) is 5.73 Å². The van der Waals surface area contributed by atoms with Crippen LogP contribution in [0.5, 0.6) is 0 Å². The lowest BCUT2D eigenvalue weighted by Gasteiger charge is -2.28. The van der Waals surface area contributed by atoms with E-state index in [0.29, 0.717) is 23.7 Å². The third-order valence-corrected chi connectivity index (χ3v) is 4.29. The van der Waals surface area contributed by atoms with Gasteiger partial charge in [-0.15, -0.1) is 0 Å². The molecule has 1 unspecified atom stereocenters. The molecule has 0 saturated carbocycles. The van der Waals surface area contributed by atoms with Crippen LogP contribution in [0, 0.1) is 5.82 Å². The number of halogens is 3. The molecule has 0 amide bonds. The van der Waals surface area contributed by atoms with Gasteiger partial charge in [-0.25, -0.2) is 4.39 Å². The highest BCUT2D eigenvalue weighted by Crippen LogP contribution is 2.30. The summed E-state index contributed by atoms with van der Waals surface area (Å²) in [6.45, 7) is 0.874. The molecule has 0 aliphatic rings. The van der Waals surface area contributed by atoms with Crippen LogP contribution in [-0.2, 0) is 6.54 Å². The second-order valence-corrected chi connectivity index (χ2v) is 6.25. The number of nitrogens with zero attached hydrogens (tertiary/aromatic N) is 1. The summed E-state index contributed by atoms with van der Waals surface area (Å²) in [7, 11) is 1.92. The topological polar surface area (TPSA) is 29.3 Å². The number of hydrogen-bond acceptors (Lipinski definition) is 2. The fourth-order valence-corrected chi connectivity index (χ4v) is 2.94. The highest BCUT2D eigenvalue weighted by Gasteiger charge is 2.19. The molecule has 0 aromatic heterocycles. The van der Waals surface area contributed by atoms with Crippen molar-refractivity contribution in [1.82, 2.24) is 4.90 Å². The van der Waals surface area contributed by atoms with Crippen molar-refractivity contribution in [2.75, 3.05) is 13.6 Å². The molecule has 2 rings (SSSR count). The molecule has 112 valence electrons. The van der Waals surface area contributed by atoms with Crippen LogP contribution in [-0.4, -0.2) is 18.5 Å². The third-order valence-electron chi connectivity index (χ3n) is 3.45. The predicted molar refractivity (Wildman–Crippen MR) is 88.8 cm³/mol. The highest BCUT2D eigenvalue weighted by atomic mass is 79.9. The normalized spacial score (nSPS) is 12.7. The third kappa shape index (κ3) is 4.04. The molecule has 0 spiro atoms. The van der Waals surface area contributed by atoms with Crippen LogP contribution in [0.25, 0.3) is 0 Å². The van der Waals surface area contributed by atoms with Crippen molar-refractivity contribution in [3.05, 3.63) is 68.9 Å². The Balaban J connectivity index is 2.25. The summed E-state index contributed by atoms with van der Waals surface area (Å²) in [5, 5.41) is 0.661. The molecule has 5 heteroatoms. The van der Waals surface area contributed by atoms with Gasteiger partial charge in [0.2, 0.25) is 0 Å². The van der Waals surface area contributed by atoms with E-state index in [4.69, 9.17) is 17.3 Å². The lowest BCUT2D eigenvalue weighted by Crippen LogP contribution is -2.30. The molecule has 21 heavy (non-hydrogen) atoms. The maximum Gasteiger partial charge on any atom is 0.127 e. The van der Waals surface area contributed by atoms with E-state index in [1.165, 1.54) is 6.07 Å². The highest BCUT2D eigenvalue weighted by molar-refractivity contribution is 9.10. The van der Waals surface area contributed by atoms with Crippen molar-refractivity contribution < 1.29 is 4.39 Å². The lowest BCUT2D eigenvalue weighted by atomic mass is 10.0. The molecular weight excluding hydrogens is 355 g/mol. The monoisotopic (exact) mass is 370 g/mol. The molecule has 0 saturated heterocycles. The van der Waals surface area contributed by atoms with Crippen LogP contribution in [0.3, 0.4) is 0 Å². The van der Waals surface area contributed by atoms with Crippen molar-refractivity contribution >= 4 is 27.5 Å². The minimum atomic E-state index is -0.208. The standard InChI is InChI=1S/C16H17BrClFN2/c1-21(10-11-4-2-3-5-15(11)19)16(9-20)13-8-12(17)6-7-14(13)18/h2-8,16H,9-10,20H2,1H3. The Morgan fingerprint density at radius 3 is 2.67 bits per heavy atom. The number of likely N-dealkylation sites (N-methyl/N-ethyl adjacent to an activating group) is 1. The average molecular weight is 372 g/mol. The minimum absolute atomic E-state index is 0.0744. The number of benzene rings is 2. The van der Waals surface area contributed by atoms with E-state index < -0.39 is 0 Å². The first-order valence-electron chi connectivity index (χ1n) is 6.61. The van der Waals surface area contributed by atoms with E-state index in [0.717, 1.165) is 10.0 Å². The maximum absolute atomic E-state index is 13.8. The van der Waals surface area contributed by atoms with Gasteiger partial charge in [-0.05, 0) is 36.9 Å². The summed E-state index contributed by atoms with van der Waals surface area (Å²) in [4.78, 5) is 2.01. The predicted octanol–water partition coefficient (Wildman–Crippen LogP) is 4.37. The number of nitrogens with two attached hydrogens (primary N) is 1. The van der Waals surface area contributed by atoms with Crippen LogP contribution in [0.2, 0.25) is 5.02 Å². The zero-order chi connectivity index (χ0) is 15.4. The van der Waals surface area contributed by atoms with Crippen LogP contribution < -0.4 is 5.73 Å². The lowest BCUT2D eigenvalue weighted by molar-refractivity contribution is 0.238. The van der Waals surface area contributed by atoms with Crippen LogP contribution in [0.1, 0.15) is 17.2 Å². The molecule has 0 bridgehead atoms. The van der Waals surface area contributed by atoms with Gasteiger partial charge in [0.1, 0.15) is 5.82 Å². The Hall–Kier alpha value is -0.940. The summed E-state index contributed by atoms with van der Waals surface area (Å²) >= 11 is 9.71. The van der Waals surface area contributed by atoms with Gasteiger partial charge in [0.15, 0.2) is 0 Å². The van der Waals surface area contributed by atoms with Crippen molar-refractivity contribution in [3.8, 4) is 0 Å². The van der Waals surface area contributed by atoms with Crippen LogP contribution in [0.15, 0.2) is 46.9 Å². The van der Waals surface area contributed by atoms with E-state index in [2.05, 4.69) is 15.9 Å². The summed E-state index contributed by atoms with van der Waals surface area (Å²) in [6.07, 6.45) is 0. The summed E-state index contributed by atoms with van der Waals surface area (Å²) < 4.78 is 14.7. The fraction of sp³-hybridized carbons (Fsp3) is 0.250. The maximum atomic E-state index is 13.8. The molecular formula is C16H17BrClFN2. The van der Waals surface area contributed by atoms with Gasteiger partial charge in [-0.2, -0.15) is 0 Å². The second-order valence-electron chi connectivity index (χ2n) is 4.92. The van der Waals surface area contributed by atoms with E-state index in [1.54, 1.807) is 12.1 Å². The zero-order valence-electron chi connectivity index (χ0n) is 11.7. The van der Waals surface area contributed by atoms with Crippen molar-refractivity contribution in [2.45, 2.75) is 12.6 Å². The Kier molecular flexibility index (Phi) is 5.76. The molecule has 0 radical (unpaired) electrons. The smallest absolute Gasteiger partial charge is 0.127 e. The zero-order valence-corrected chi connectivity index (χ0v) is 14.0. The molecule has 2 aromatic carbocycles. The Bertz CT molecular complexity index is 621. The van der Waals surface area contributed by atoms with Gasteiger partial charge >= 0.3 is 0 Å². The summed E-state index contributed by atoms with van der Waals surface area (Å²) in [5.74, 6) is -0.208. The fourth-order valence-electron chi connectivity index (χ4n) is 2.32. The first kappa shape index (κ1) is 16.4. The van der Waals surface area contributed by atoms with Gasteiger partial charge in [-0.3, -0.25) is 4.90 Å². The second kappa shape index (κ2) is 7.36. The SMILES string of the molecule is CN(Cc1ccccc1F)C(CN)c1cc(Br)ccc1Cl. The van der Waals surface area contributed by atoms with Gasteiger partial charge in [0.05, 0.1) is 0 Å². The van der Waals surface area contributed by atoms with E-state index in [1.807, 2.05) is 36.2 Å². The Labute approximate surface area is 137 Å². The van der Waals surface area contributed by atoms with Gasteiger partial charge in [-0.1, -0.05) is 45.7 Å². The molecule has 2 N–H and O–H groups in total. The summed E-state index contributed by atoms with van der Waals surface area (Å²) in [6, 6.07) is 12.4. The first-order valence-corrected chi connectivity index (χ1v) is 7.78. The molecule has 0 aliphatic heterocycles. The van der Waals surface area contributed by atoms with Gasteiger partial charge in [0, 0.05) is 34.2 Å².